The fourth-order valence-corrected chi connectivity index (χ4v) is 3.43. The van der Waals surface area contributed by atoms with Crippen LogP contribution >= 0.6 is 0 Å². The first-order chi connectivity index (χ1) is 13.1. The highest BCUT2D eigenvalue weighted by atomic mass is 16.5. The molecule has 0 fully saturated rings. The number of fused-ring (bicyclic) bond motifs is 2. The molecule has 7 heteroatoms. The van der Waals surface area contributed by atoms with Gasteiger partial charge in [0.1, 0.15) is 11.6 Å². The minimum atomic E-state index is -0.503. The molecule has 1 N–H and O–H groups in total. The number of rotatable bonds is 4. The molecular formula is C20H20N4O3. The molecule has 2 heterocycles. The molecule has 0 atom stereocenters. The summed E-state index contributed by atoms with van der Waals surface area (Å²) in [5.41, 5.74) is 2.92. The smallest absolute Gasteiger partial charge is 0.316 e. The van der Waals surface area contributed by atoms with E-state index in [9.17, 15) is 9.59 Å². The maximum Gasteiger partial charge on any atom is 0.316 e. The van der Waals surface area contributed by atoms with Gasteiger partial charge in [0, 0.05) is 18.7 Å². The third kappa shape index (κ3) is 2.63. The molecule has 27 heavy (non-hydrogen) atoms. The maximum atomic E-state index is 12.4. The van der Waals surface area contributed by atoms with Crippen molar-refractivity contribution in [3.63, 3.8) is 0 Å². The molecule has 4 aromatic rings. The zero-order chi connectivity index (χ0) is 19.1. The number of aromatic amines is 1. The van der Waals surface area contributed by atoms with Gasteiger partial charge in [0.05, 0.1) is 29.2 Å². The molecule has 0 saturated heterocycles. The highest BCUT2D eigenvalue weighted by Crippen LogP contribution is 2.25. The Morgan fingerprint density at radius 2 is 1.56 bits per heavy atom. The number of aryl methyl sites for hydroxylation is 2. The van der Waals surface area contributed by atoms with Crippen LogP contribution in [0.5, 0.6) is 5.75 Å². The number of methoxy groups -OCH3 is 1. The van der Waals surface area contributed by atoms with E-state index in [-0.39, 0.29) is 0 Å². The predicted octanol–water partition coefficient (Wildman–Crippen LogP) is 2.75. The molecule has 0 bridgehead atoms. The number of ether oxygens (including phenoxy) is 1. The molecule has 0 aliphatic carbocycles. The average Bonchev–Trinajstić information content (AvgIpc) is 3.11. The number of nitrogens with one attached hydrogen (secondary N) is 1. The molecule has 0 unspecified atom stereocenters. The summed E-state index contributed by atoms with van der Waals surface area (Å²) in [5, 5.41) is 0. The van der Waals surface area contributed by atoms with Crippen molar-refractivity contribution in [2.45, 2.75) is 26.9 Å². The van der Waals surface area contributed by atoms with Crippen molar-refractivity contribution in [3.05, 3.63) is 57.1 Å². The van der Waals surface area contributed by atoms with Crippen molar-refractivity contribution in [2.24, 2.45) is 0 Å². The van der Waals surface area contributed by atoms with Gasteiger partial charge in [0.15, 0.2) is 0 Å². The molecule has 7 nitrogen and oxygen atoms in total. The number of benzene rings is 2. The van der Waals surface area contributed by atoms with Crippen LogP contribution in [0.1, 0.15) is 13.8 Å². The SMILES string of the molecule is CCn1c(=O)c(=O)n(CC)c2cc3[nH]c(-c4ccc(OC)cc4)nc3cc21. The summed E-state index contributed by atoms with van der Waals surface area (Å²) in [6.45, 7) is 4.57. The Morgan fingerprint density at radius 1 is 0.963 bits per heavy atom. The average molecular weight is 364 g/mol. The van der Waals surface area contributed by atoms with E-state index in [2.05, 4.69) is 9.97 Å². The fraction of sp³-hybridized carbons (Fsp3) is 0.250. The van der Waals surface area contributed by atoms with Crippen molar-refractivity contribution in [2.75, 3.05) is 7.11 Å². The Kier molecular flexibility index (Phi) is 4.07. The van der Waals surface area contributed by atoms with E-state index < -0.39 is 11.1 Å². The molecule has 0 spiro atoms. The van der Waals surface area contributed by atoms with Gasteiger partial charge in [-0.25, -0.2) is 4.98 Å². The summed E-state index contributed by atoms with van der Waals surface area (Å²) in [6.07, 6.45) is 0. The zero-order valence-corrected chi connectivity index (χ0v) is 15.4. The van der Waals surface area contributed by atoms with Gasteiger partial charge in [-0.05, 0) is 50.2 Å². The number of H-pyrrole nitrogens is 1. The quantitative estimate of drug-likeness (QED) is 0.565. The number of nitrogens with zero attached hydrogens (tertiary/aromatic N) is 3. The van der Waals surface area contributed by atoms with Crippen LogP contribution in [-0.4, -0.2) is 26.2 Å². The molecule has 0 amide bonds. The number of aromatic nitrogens is 4. The Balaban J connectivity index is 2.00. The first-order valence-corrected chi connectivity index (χ1v) is 8.88. The zero-order valence-electron chi connectivity index (χ0n) is 15.4. The van der Waals surface area contributed by atoms with Gasteiger partial charge in [0.25, 0.3) is 0 Å². The van der Waals surface area contributed by atoms with Crippen molar-refractivity contribution in [1.82, 2.24) is 19.1 Å². The minimum Gasteiger partial charge on any atom is -0.497 e. The first-order valence-electron chi connectivity index (χ1n) is 8.88. The summed E-state index contributed by atoms with van der Waals surface area (Å²) in [4.78, 5) is 32.8. The molecule has 2 aromatic carbocycles. The maximum absolute atomic E-state index is 12.4. The lowest BCUT2D eigenvalue weighted by atomic mass is 10.2. The first kappa shape index (κ1) is 17.1. The highest BCUT2D eigenvalue weighted by molar-refractivity contribution is 5.93. The predicted molar refractivity (Wildman–Crippen MR) is 105 cm³/mol. The van der Waals surface area contributed by atoms with Gasteiger partial charge in [-0.2, -0.15) is 0 Å². The van der Waals surface area contributed by atoms with E-state index in [0.717, 1.165) is 33.7 Å². The van der Waals surface area contributed by atoms with Crippen molar-refractivity contribution < 1.29 is 4.74 Å². The van der Waals surface area contributed by atoms with Crippen LogP contribution in [0.15, 0.2) is 46.0 Å². The number of hydrogen-bond acceptors (Lipinski definition) is 4. The second kappa shape index (κ2) is 6.42. The summed E-state index contributed by atoms with van der Waals surface area (Å²) in [7, 11) is 1.63. The van der Waals surface area contributed by atoms with E-state index in [0.29, 0.717) is 18.6 Å². The van der Waals surface area contributed by atoms with Crippen LogP contribution in [0.4, 0.5) is 0 Å². The highest BCUT2D eigenvalue weighted by Gasteiger charge is 2.14. The third-order valence-corrected chi connectivity index (χ3v) is 4.83. The second-order valence-corrected chi connectivity index (χ2v) is 6.27. The molecule has 0 saturated carbocycles. The van der Waals surface area contributed by atoms with Crippen molar-refractivity contribution in [1.29, 1.82) is 0 Å². The summed E-state index contributed by atoms with van der Waals surface area (Å²) < 4.78 is 8.21. The minimum absolute atomic E-state index is 0.427. The van der Waals surface area contributed by atoms with Gasteiger partial charge in [-0.15, -0.1) is 0 Å². The molecule has 2 aromatic heterocycles. The van der Waals surface area contributed by atoms with Gasteiger partial charge < -0.3 is 18.9 Å². The Hall–Kier alpha value is -3.35. The van der Waals surface area contributed by atoms with E-state index in [1.807, 2.05) is 50.2 Å². The van der Waals surface area contributed by atoms with Crippen LogP contribution in [0, 0.1) is 0 Å². The van der Waals surface area contributed by atoms with E-state index >= 15 is 0 Å². The second-order valence-electron chi connectivity index (χ2n) is 6.27. The molecule has 0 aliphatic heterocycles. The molecule has 0 aliphatic rings. The molecule has 4 rings (SSSR count). The van der Waals surface area contributed by atoms with Crippen LogP contribution in [0.2, 0.25) is 0 Å². The van der Waals surface area contributed by atoms with E-state index in [4.69, 9.17) is 4.74 Å². The summed E-state index contributed by atoms with van der Waals surface area (Å²) >= 11 is 0. The lowest BCUT2D eigenvalue weighted by molar-refractivity contribution is 0.415. The summed E-state index contributed by atoms with van der Waals surface area (Å²) in [6, 6.07) is 11.4. The van der Waals surface area contributed by atoms with Crippen molar-refractivity contribution >= 4 is 22.1 Å². The van der Waals surface area contributed by atoms with Crippen molar-refractivity contribution in [3.8, 4) is 17.1 Å². The van der Waals surface area contributed by atoms with Crippen LogP contribution in [0.3, 0.4) is 0 Å². The summed E-state index contributed by atoms with van der Waals surface area (Å²) in [5.74, 6) is 1.50. The largest absolute Gasteiger partial charge is 0.497 e. The van der Waals surface area contributed by atoms with Gasteiger partial charge in [-0.3, -0.25) is 9.59 Å². The standard InChI is InChI=1S/C20H20N4O3/c1-4-23-16-10-14-15(11-17(16)24(5-2)20(26)19(23)25)22-18(21-14)12-6-8-13(27-3)9-7-12/h6-11H,4-5H2,1-3H3,(H,21,22). The lowest BCUT2D eigenvalue weighted by Crippen LogP contribution is -2.41. The molecule has 138 valence electrons. The van der Waals surface area contributed by atoms with Crippen LogP contribution in [0.25, 0.3) is 33.5 Å². The van der Waals surface area contributed by atoms with Crippen LogP contribution in [-0.2, 0) is 13.1 Å². The Labute approximate surface area is 154 Å². The number of hydrogen-bond donors (Lipinski definition) is 1. The van der Waals surface area contributed by atoms with E-state index in [1.54, 1.807) is 7.11 Å². The number of imidazole rings is 1. The van der Waals surface area contributed by atoms with Gasteiger partial charge in [0.2, 0.25) is 0 Å². The third-order valence-electron chi connectivity index (χ3n) is 4.83. The van der Waals surface area contributed by atoms with Gasteiger partial charge >= 0.3 is 11.1 Å². The normalized spacial score (nSPS) is 11.4. The van der Waals surface area contributed by atoms with E-state index in [1.165, 1.54) is 9.13 Å². The fourth-order valence-electron chi connectivity index (χ4n) is 3.43. The van der Waals surface area contributed by atoms with Crippen LogP contribution < -0.4 is 15.9 Å². The Morgan fingerprint density at radius 3 is 2.11 bits per heavy atom. The lowest BCUT2D eigenvalue weighted by Gasteiger charge is -2.12. The molecular weight excluding hydrogens is 344 g/mol. The van der Waals surface area contributed by atoms with Gasteiger partial charge in [-0.1, -0.05) is 0 Å². The molecule has 0 radical (unpaired) electrons. The topological polar surface area (TPSA) is 81.9 Å². The Bertz CT molecular complexity index is 1190. The monoisotopic (exact) mass is 364 g/mol.